The molecule has 0 bridgehead atoms. The van der Waals surface area contributed by atoms with Crippen molar-refractivity contribution in [1.82, 2.24) is 0 Å². The van der Waals surface area contributed by atoms with Crippen LogP contribution in [0.4, 0.5) is 0 Å². The number of nitrogens with two attached hydrogens (primary N) is 1. The van der Waals surface area contributed by atoms with Gasteiger partial charge in [-0.15, -0.1) is 0 Å². The highest BCUT2D eigenvalue weighted by atomic mass is 16.5. The van der Waals surface area contributed by atoms with E-state index in [1.165, 1.54) is 0 Å². The predicted octanol–water partition coefficient (Wildman–Crippen LogP) is 0.725. The van der Waals surface area contributed by atoms with Crippen LogP contribution in [0, 0.1) is 11.8 Å². The van der Waals surface area contributed by atoms with Gasteiger partial charge in [-0.05, 0) is 12.3 Å². The van der Waals surface area contributed by atoms with E-state index >= 15 is 0 Å². The third-order valence-corrected chi connectivity index (χ3v) is 2.06. The Hall–Kier alpha value is -0.650. The van der Waals surface area contributed by atoms with E-state index < -0.39 is 11.9 Å². The molecule has 96 valence electrons. The Balaban J connectivity index is 3.57. The van der Waals surface area contributed by atoms with Crippen LogP contribution in [0.15, 0.2) is 0 Å². The summed E-state index contributed by atoms with van der Waals surface area (Å²) in [5.74, 6) is -0.857. The Bertz CT molecular complexity index is 185. The minimum Gasteiger partial charge on any atom is -0.481 e. The lowest BCUT2D eigenvalue weighted by molar-refractivity contribution is -0.144. The van der Waals surface area contributed by atoms with Gasteiger partial charge in [-0.3, -0.25) is 4.79 Å². The van der Waals surface area contributed by atoms with Crippen LogP contribution in [-0.2, 0) is 14.3 Å². The van der Waals surface area contributed by atoms with Gasteiger partial charge in [0.25, 0.3) is 0 Å². The van der Waals surface area contributed by atoms with Gasteiger partial charge in [0, 0.05) is 6.54 Å². The maximum atomic E-state index is 10.9. The molecule has 0 saturated carbocycles. The van der Waals surface area contributed by atoms with Gasteiger partial charge in [0.15, 0.2) is 0 Å². The van der Waals surface area contributed by atoms with Gasteiger partial charge in [-0.25, -0.2) is 0 Å². The zero-order chi connectivity index (χ0) is 12.4. The van der Waals surface area contributed by atoms with E-state index in [-0.39, 0.29) is 6.61 Å². The molecule has 0 aliphatic heterocycles. The second-order valence-electron chi connectivity index (χ2n) is 4.14. The van der Waals surface area contributed by atoms with Crippen molar-refractivity contribution in [3.63, 3.8) is 0 Å². The van der Waals surface area contributed by atoms with Crippen molar-refractivity contribution in [3.8, 4) is 0 Å². The second-order valence-corrected chi connectivity index (χ2v) is 4.14. The van der Waals surface area contributed by atoms with E-state index in [2.05, 4.69) is 0 Å². The van der Waals surface area contributed by atoms with Gasteiger partial charge in [-0.1, -0.05) is 13.8 Å². The van der Waals surface area contributed by atoms with Crippen molar-refractivity contribution in [2.45, 2.75) is 20.3 Å². The van der Waals surface area contributed by atoms with Gasteiger partial charge in [-0.2, -0.15) is 0 Å². The lowest BCUT2D eigenvalue weighted by atomic mass is 9.98. The van der Waals surface area contributed by atoms with Crippen LogP contribution in [0.2, 0.25) is 0 Å². The fraction of sp³-hybridized carbons (Fsp3) is 0.909. The summed E-state index contributed by atoms with van der Waals surface area (Å²) in [6.07, 6.45) is 0.638. The highest BCUT2D eigenvalue weighted by Gasteiger charge is 2.18. The van der Waals surface area contributed by atoms with Gasteiger partial charge in [0.1, 0.15) is 0 Å². The maximum absolute atomic E-state index is 10.9. The Labute approximate surface area is 96.9 Å². The molecule has 0 aliphatic carbocycles. The van der Waals surface area contributed by atoms with Crippen molar-refractivity contribution in [1.29, 1.82) is 0 Å². The molecular weight excluding hydrogens is 210 g/mol. The third-order valence-electron chi connectivity index (χ3n) is 2.06. The molecule has 0 spiro atoms. The highest BCUT2D eigenvalue weighted by molar-refractivity contribution is 5.70. The minimum absolute atomic E-state index is 0.250. The molecule has 0 aliphatic rings. The summed E-state index contributed by atoms with van der Waals surface area (Å²) in [5.41, 5.74) is 5.24. The van der Waals surface area contributed by atoms with Crippen molar-refractivity contribution in [2.24, 2.45) is 17.6 Å². The molecule has 0 amide bonds. The first-order valence-electron chi connectivity index (χ1n) is 5.66. The van der Waals surface area contributed by atoms with Crippen LogP contribution in [0.25, 0.3) is 0 Å². The van der Waals surface area contributed by atoms with Crippen molar-refractivity contribution in [3.05, 3.63) is 0 Å². The van der Waals surface area contributed by atoms with Crippen LogP contribution in [0.1, 0.15) is 20.3 Å². The molecule has 5 nitrogen and oxygen atoms in total. The van der Waals surface area contributed by atoms with Crippen LogP contribution < -0.4 is 5.73 Å². The molecule has 16 heavy (non-hydrogen) atoms. The average molecular weight is 233 g/mol. The number of ether oxygens (including phenoxy) is 2. The fourth-order valence-corrected chi connectivity index (χ4v) is 1.34. The van der Waals surface area contributed by atoms with Gasteiger partial charge in [0.2, 0.25) is 0 Å². The van der Waals surface area contributed by atoms with Crippen LogP contribution in [0.3, 0.4) is 0 Å². The summed E-state index contributed by atoms with van der Waals surface area (Å²) < 4.78 is 10.4. The van der Waals surface area contributed by atoms with Gasteiger partial charge >= 0.3 is 5.97 Å². The van der Waals surface area contributed by atoms with Crippen molar-refractivity contribution >= 4 is 5.97 Å². The molecular formula is C11H23NO4. The lowest BCUT2D eigenvalue weighted by Crippen LogP contribution is -2.23. The number of hydrogen-bond donors (Lipinski definition) is 2. The molecule has 1 atom stereocenters. The summed E-state index contributed by atoms with van der Waals surface area (Å²) in [6.45, 7) is 6.13. The molecule has 0 heterocycles. The summed E-state index contributed by atoms with van der Waals surface area (Å²) >= 11 is 0. The largest absolute Gasteiger partial charge is 0.481 e. The zero-order valence-electron chi connectivity index (χ0n) is 10.1. The monoisotopic (exact) mass is 233 g/mol. The van der Waals surface area contributed by atoms with Gasteiger partial charge in [0.05, 0.1) is 32.3 Å². The van der Waals surface area contributed by atoms with Crippen molar-refractivity contribution in [2.75, 3.05) is 33.0 Å². The topological polar surface area (TPSA) is 81.8 Å². The number of hydrogen-bond acceptors (Lipinski definition) is 4. The van der Waals surface area contributed by atoms with Crippen LogP contribution >= 0.6 is 0 Å². The molecule has 5 heteroatoms. The van der Waals surface area contributed by atoms with E-state index in [0.717, 1.165) is 0 Å². The number of rotatable bonds is 10. The number of carboxylic acids is 1. The maximum Gasteiger partial charge on any atom is 0.308 e. The molecule has 0 saturated heterocycles. The van der Waals surface area contributed by atoms with Gasteiger partial charge < -0.3 is 20.3 Å². The fourth-order valence-electron chi connectivity index (χ4n) is 1.34. The summed E-state index contributed by atoms with van der Waals surface area (Å²) in [4.78, 5) is 10.9. The first-order chi connectivity index (χ1) is 7.57. The predicted molar refractivity (Wildman–Crippen MR) is 61.3 cm³/mol. The Morgan fingerprint density at radius 1 is 1.25 bits per heavy atom. The molecule has 0 radical (unpaired) electrons. The normalized spacial score (nSPS) is 13.0. The average Bonchev–Trinajstić information content (AvgIpc) is 2.20. The second kappa shape index (κ2) is 9.57. The standard InChI is InChI=1S/C11H23NO4/c1-9(2)7-10(11(13)14)8-16-6-5-15-4-3-12/h9-10H,3-8,12H2,1-2H3,(H,13,14). The summed E-state index contributed by atoms with van der Waals surface area (Å²) in [7, 11) is 0. The number of carboxylic acid groups (broad SMARTS) is 1. The third kappa shape index (κ3) is 8.64. The SMILES string of the molecule is CC(C)CC(COCCOCCN)C(=O)O. The molecule has 0 aromatic carbocycles. The molecule has 0 fully saturated rings. The first-order valence-corrected chi connectivity index (χ1v) is 5.66. The number of aliphatic carboxylic acids is 1. The zero-order valence-corrected chi connectivity index (χ0v) is 10.1. The van der Waals surface area contributed by atoms with E-state index in [4.69, 9.17) is 20.3 Å². The minimum atomic E-state index is -0.795. The molecule has 0 aromatic rings. The van der Waals surface area contributed by atoms with E-state index in [0.29, 0.717) is 38.7 Å². The summed E-state index contributed by atoms with van der Waals surface area (Å²) in [6, 6.07) is 0. The van der Waals surface area contributed by atoms with E-state index in [9.17, 15) is 4.79 Å². The smallest absolute Gasteiger partial charge is 0.308 e. The van der Waals surface area contributed by atoms with Crippen molar-refractivity contribution < 1.29 is 19.4 Å². The molecule has 0 aromatic heterocycles. The summed E-state index contributed by atoms with van der Waals surface area (Å²) in [5, 5.41) is 8.94. The highest BCUT2D eigenvalue weighted by Crippen LogP contribution is 2.12. The Kier molecular flexibility index (Phi) is 9.18. The number of carbonyl (C=O) groups is 1. The van der Waals surface area contributed by atoms with Crippen LogP contribution in [-0.4, -0.2) is 44.0 Å². The lowest BCUT2D eigenvalue weighted by Gasteiger charge is -2.14. The molecule has 0 rings (SSSR count). The molecule has 3 N–H and O–H groups in total. The first kappa shape index (κ1) is 15.3. The van der Waals surface area contributed by atoms with E-state index in [1.54, 1.807) is 0 Å². The molecule has 1 unspecified atom stereocenters. The Morgan fingerprint density at radius 2 is 1.88 bits per heavy atom. The quantitative estimate of drug-likeness (QED) is 0.543. The van der Waals surface area contributed by atoms with E-state index in [1.807, 2.05) is 13.8 Å². The Morgan fingerprint density at radius 3 is 2.38 bits per heavy atom. The van der Waals surface area contributed by atoms with Crippen LogP contribution in [0.5, 0.6) is 0 Å².